The molecule has 1 N–H and O–H groups in total. The molecule has 0 aromatic heterocycles. The molecule has 6 nitrogen and oxygen atoms in total. The van der Waals surface area contributed by atoms with E-state index in [1.807, 2.05) is 11.8 Å². The Labute approximate surface area is 183 Å². The number of hydrogen-bond donors (Lipinski definition) is 1. The molecule has 4 aliphatic heterocycles. The van der Waals surface area contributed by atoms with Crippen LogP contribution in [0.2, 0.25) is 5.02 Å². The van der Waals surface area contributed by atoms with Gasteiger partial charge in [0.05, 0.1) is 17.5 Å². The predicted octanol–water partition coefficient (Wildman–Crippen LogP) is 3.22. The van der Waals surface area contributed by atoms with E-state index in [1.54, 1.807) is 18.2 Å². The molecule has 0 aliphatic carbocycles. The summed E-state index contributed by atoms with van der Waals surface area (Å²) in [6.45, 7) is 2.46. The van der Waals surface area contributed by atoms with Gasteiger partial charge in [-0.25, -0.2) is 9.29 Å². The molecule has 0 bridgehead atoms. The van der Waals surface area contributed by atoms with E-state index in [1.165, 1.54) is 18.2 Å². The number of rotatable bonds is 1. The van der Waals surface area contributed by atoms with Crippen molar-refractivity contribution < 1.29 is 18.8 Å². The number of nitrogens with one attached hydrogen (secondary N) is 1. The van der Waals surface area contributed by atoms with Crippen LogP contribution < -0.4 is 10.2 Å². The largest absolute Gasteiger partial charge is 0.324 e. The van der Waals surface area contributed by atoms with Crippen molar-refractivity contribution in [3.05, 3.63) is 58.4 Å². The molecule has 4 heterocycles. The molecule has 0 unspecified atom stereocenters. The SMILES string of the molecule is Cc1cc(Cl)cc2c1NC(=O)[C@@]21[C@@H]2C(=O)N(c3ccccc3F)C(=O)[C@@H]2[C@@H]2CCCN21. The second-order valence-corrected chi connectivity index (χ2v) is 9.17. The summed E-state index contributed by atoms with van der Waals surface area (Å²) < 4.78 is 14.6. The Morgan fingerprint density at radius 3 is 2.71 bits per heavy atom. The van der Waals surface area contributed by atoms with E-state index in [2.05, 4.69) is 5.32 Å². The van der Waals surface area contributed by atoms with E-state index < -0.39 is 35.0 Å². The van der Waals surface area contributed by atoms with E-state index in [0.29, 0.717) is 29.2 Å². The van der Waals surface area contributed by atoms with E-state index in [9.17, 15) is 18.8 Å². The molecule has 2 aromatic rings. The lowest BCUT2D eigenvalue weighted by atomic mass is 9.75. The monoisotopic (exact) mass is 439 g/mol. The van der Waals surface area contributed by atoms with Crippen molar-refractivity contribution in [2.75, 3.05) is 16.8 Å². The van der Waals surface area contributed by atoms with Crippen molar-refractivity contribution in [3.8, 4) is 0 Å². The molecule has 0 saturated carbocycles. The van der Waals surface area contributed by atoms with Gasteiger partial charge in [-0.1, -0.05) is 23.7 Å². The molecule has 4 aliphatic rings. The van der Waals surface area contributed by atoms with Gasteiger partial charge in [-0.3, -0.25) is 19.3 Å². The van der Waals surface area contributed by atoms with Gasteiger partial charge in [0.1, 0.15) is 11.4 Å². The molecule has 31 heavy (non-hydrogen) atoms. The first kappa shape index (κ1) is 19.0. The van der Waals surface area contributed by atoms with Gasteiger partial charge in [-0.2, -0.15) is 0 Å². The maximum absolute atomic E-state index is 14.6. The molecule has 158 valence electrons. The highest BCUT2D eigenvalue weighted by atomic mass is 35.5. The summed E-state index contributed by atoms with van der Waals surface area (Å²) in [5, 5.41) is 3.42. The number of nitrogens with zero attached hydrogens (tertiary/aromatic N) is 2. The Morgan fingerprint density at radius 1 is 1.16 bits per heavy atom. The molecule has 6 rings (SSSR count). The first-order chi connectivity index (χ1) is 14.9. The topological polar surface area (TPSA) is 69.7 Å². The minimum Gasteiger partial charge on any atom is -0.324 e. The summed E-state index contributed by atoms with van der Waals surface area (Å²) in [6.07, 6.45) is 1.52. The number of halogens is 2. The van der Waals surface area contributed by atoms with Crippen LogP contribution in [0.15, 0.2) is 36.4 Å². The molecule has 3 fully saturated rings. The number of anilines is 2. The fraction of sp³-hybridized carbons (Fsp3) is 0.348. The number of para-hydroxylation sites is 1. The highest BCUT2D eigenvalue weighted by Gasteiger charge is 2.74. The van der Waals surface area contributed by atoms with E-state index in [0.717, 1.165) is 16.9 Å². The number of amides is 3. The van der Waals surface area contributed by atoms with Crippen molar-refractivity contribution in [1.29, 1.82) is 0 Å². The quantitative estimate of drug-likeness (QED) is 0.693. The van der Waals surface area contributed by atoms with Crippen LogP contribution in [0.1, 0.15) is 24.0 Å². The number of imide groups is 1. The van der Waals surface area contributed by atoms with E-state index in [4.69, 9.17) is 11.6 Å². The number of aryl methyl sites for hydroxylation is 1. The first-order valence-electron chi connectivity index (χ1n) is 10.4. The molecule has 2 aromatic carbocycles. The Bertz CT molecular complexity index is 1200. The fourth-order valence-corrected chi connectivity index (χ4v) is 6.58. The summed E-state index contributed by atoms with van der Waals surface area (Å²) in [4.78, 5) is 43.9. The Kier molecular flexibility index (Phi) is 3.76. The fourth-order valence-electron chi connectivity index (χ4n) is 6.31. The standard InChI is InChI=1S/C23H19ClFN3O3/c1-11-9-12(24)10-13-19(11)26-22(31)23(13)18-17(16-7-4-8-27(16)23)20(29)28(21(18)30)15-6-3-2-5-14(15)25/h2-3,5-6,9-10,16-18H,4,7-8H2,1H3,(H,26,31)/t16-,17+,18-,23-/m0/s1. The van der Waals surface area contributed by atoms with Gasteiger partial charge < -0.3 is 5.32 Å². The number of carbonyl (C=O) groups excluding carboxylic acids is 3. The molecule has 4 atom stereocenters. The first-order valence-corrected chi connectivity index (χ1v) is 10.8. The highest BCUT2D eigenvalue weighted by Crippen LogP contribution is 2.61. The second-order valence-electron chi connectivity index (χ2n) is 8.74. The smallest absolute Gasteiger partial charge is 0.250 e. The van der Waals surface area contributed by atoms with Gasteiger partial charge in [0.25, 0.3) is 0 Å². The van der Waals surface area contributed by atoms with Crippen molar-refractivity contribution >= 4 is 40.7 Å². The normalized spacial score (nSPS) is 31.4. The third-order valence-electron chi connectivity index (χ3n) is 7.36. The number of benzene rings is 2. The van der Waals surface area contributed by atoms with Crippen molar-refractivity contribution in [3.63, 3.8) is 0 Å². The average Bonchev–Trinajstić information content (AvgIpc) is 3.42. The predicted molar refractivity (Wildman–Crippen MR) is 112 cm³/mol. The number of carbonyl (C=O) groups is 3. The Hall–Kier alpha value is -2.77. The van der Waals surface area contributed by atoms with Gasteiger partial charge in [0.15, 0.2) is 0 Å². The van der Waals surface area contributed by atoms with Gasteiger partial charge in [-0.15, -0.1) is 0 Å². The zero-order chi connectivity index (χ0) is 21.7. The van der Waals surface area contributed by atoms with Crippen LogP contribution in [0.3, 0.4) is 0 Å². The van der Waals surface area contributed by atoms with E-state index in [-0.39, 0.29) is 17.6 Å². The molecule has 3 saturated heterocycles. The molecule has 1 spiro atoms. The summed E-state index contributed by atoms with van der Waals surface area (Å²) in [6, 6.07) is 8.98. The summed E-state index contributed by atoms with van der Waals surface area (Å²) >= 11 is 6.36. The van der Waals surface area contributed by atoms with Gasteiger partial charge in [0, 0.05) is 22.3 Å². The lowest BCUT2D eigenvalue weighted by Gasteiger charge is -2.36. The molecular formula is C23H19ClFN3O3. The number of fused-ring (bicyclic) bond motifs is 7. The summed E-state index contributed by atoms with van der Waals surface area (Å²) in [5.41, 5.74) is 0.703. The third-order valence-corrected chi connectivity index (χ3v) is 7.58. The number of hydrogen-bond acceptors (Lipinski definition) is 4. The van der Waals surface area contributed by atoms with E-state index >= 15 is 0 Å². The maximum Gasteiger partial charge on any atom is 0.250 e. The van der Waals surface area contributed by atoms with Crippen molar-refractivity contribution in [1.82, 2.24) is 4.90 Å². The van der Waals surface area contributed by atoms with Crippen LogP contribution in [-0.4, -0.2) is 35.2 Å². The van der Waals surface area contributed by atoms with Crippen molar-refractivity contribution in [2.24, 2.45) is 11.8 Å². The second kappa shape index (κ2) is 6.14. The summed E-state index contributed by atoms with van der Waals surface area (Å²) in [5.74, 6) is -3.56. The lowest BCUT2D eigenvalue weighted by Crippen LogP contribution is -2.54. The maximum atomic E-state index is 14.6. The average molecular weight is 440 g/mol. The Balaban J connectivity index is 1.60. The van der Waals surface area contributed by atoms with Crippen molar-refractivity contribution in [2.45, 2.75) is 31.3 Å². The minimum absolute atomic E-state index is 0.0625. The summed E-state index contributed by atoms with van der Waals surface area (Å²) in [7, 11) is 0. The third kappa shape index (κ3) is 2.13. The lowest BCUT2D eigenvalue weighted by molar-refractivity contribution is -0.135. The Morgan fingerprint density at radius 2 is 1.94 bits per heavy atom. The molecule has 0 radical (unpaired) electrons. The van der Waals surface area contributed by atoms with Gasteiger partial charge in [0.2, 0.25) is 17.7 Å². The van der Waals surface area contributed by atoms with Crippen LogP contribution >= 0.6 is 11.6 Å². The van der Waals surface area contributed by atoms with Gasteiger partial charge in [-0.05, 0) is 56.1 Å². The molecule has 3 amide bonds. The minimum atomic E-state index is -1.32. The van der Waals surface area contributed by atoms with Crippen LogP contribution in [0.4, 0.5) is 15.8 Å². The molecule has 8 heteroatoms. The van der Waals surface area contributed by atoms with Crippen LogP contribution in [0, 0.1) is 24.6 Å². The van der Waals surface area contributed by atoms with Crippen LogP contribution in [0.5, 0.6) is 0 Å². The van der Waals surface area contributed by atoms with Crippen LogP contribution in [0.25, 0.3) is 0 Å². The molecular weight excluding hydrogens is 421 g/mol. The highest BCUT2D eigenvalue weighted by molar-refractivity contribution is 6.31. The zero-order valence-corrected chi connectivity index (χ0v) is 17.4. The van der Waals surface area contributed by atoms with Crippen LogP contribution in [-0.2, 0) is 19.9 Å². The zero-order valence-electron chi connectivity index (χ0n) is 16.7. The van der Waals surface area contributed by atoms with Gasteiger partial charge >= 0.3 is 0 Å².